The van der Waals surface area contributed by atoms with Gasteiger partial charge in [-0.1, -0.05) is 25.7 Å². The van der Waals surface area contributed by atoms with E-state index < -0.39 is 5.60 Å². The fourth-order valence-corrected chi connectivity index (χ4v) is 4.86. The van der Waals surface area contributed by atoms with Gasteiger partial charge in [0, 0.05) is 28.4 Å². The van der Waals surface area contributed by atoms with Gasteiger partial charge in [0.25, 0.3) is 0 Å². The Bertz CT molecular complexity index is 714. The molecule has 5 nitrogen and oxygen atoms in total. The molecule has 0 N–H and O–H groups in total. The first-order valence-corrected chi connectivity index (χ1v) is 8.89. The topological polar surface area (TPSA) is 65.1 Å². The summed E-state index contributed by atoms with van der Waals surface area (Å²) in [6.07, 6.45) is 6.73. The Balaban J connectivity index is 1.69. The van der Waals surface area contributed by atoms with Gasteiger partial charge in [0.05, 0.1) is 6.61 Å². The van der Waals surface area contributed by atoms with E-state index in [-0.39, 0.29) is 41.4 Å². The second-order valence-electron chi connectivity index (χ2n) is 7.92. The van der Waals surface area contributed by atoms with Crippen LogP contribution in [0.1, 0.15) is 33.6 Å². The van der Waals surface area contributed by atoms with Crippen molar-refractivity contribution in [3.8, 4) is 0 Å². The lowest BCUT2D eigenvalue weighted by molar-refractivity contribution is -0.169. The number of carbonyl (C=O) groups is 2. The lowest BCUT2D eigenvalue weighted by Gasteiger charge is -2.52. The van der Waals surface area contributed by atoms with Crippen LogP contribution in [-0.4, -0.2) is 36.4 Å². The van der Waals surface area contributed by atoms with Gasteiger partial charge in [-0.3, -0.25) is 0 Å². The van der Waals surface area contributed by atoms with Crippen LogP contribution in [0.3, 0.4) is 0 Å². The van der Waals surface area contributed by atoms with E-state index in [9.17, 15) is 9.59 Å². The van der Waals surface area contributed by atoms with Crippen LogP contribution in [0.15, 0.2) is 36.0 Å². The second-order valence-corrected chi connectivity index (χ2v) is 7.92. The first kappa shape index (κ1) is 16.6. The van der Waals surface area contributed by atoms with E-state index in [1.807, 2.05) is 19.1 Å². The van der Waals surface area contributed by atoms with Crippen molar-refractivity contribution in [3.05, 3.63) is 36.0 Å². The Morgan fingerprint density at radius 3 is 2.84 bits per heavy atom. The fourth-order valence-electron chi connectivity index (χ4n) is 4.86. The molecular formula is C20H24O5. The summed E-state index contributed by atoms with van der Waals surface area (Å²) in [5, 5.41) is 0. The van der Waals surface area contributed by atoms with E-state index in [0.717, 1.165) is 12.8 Å². The third-order valence-corrected chi connectivity index (χ3v) is 6.58. The average Bonchev–Trinajstić information content (AvgIpc) is 3.30. The monoisotopic (exact) mass is 344 g/mol. The van der Waals surface area contributed by atoms with Crippen LogP contribution in [0.25, 0.3) is 0 Å². The molecule has 0 aromatic carbocycles. The van der Waals surface area contributed by atoms with Gasteiger partial charge in [-0.25, -0.2) is 9.59 Å². The van der Waals surface area contributed by atoms with Gasteiger partial charge in [-0.2, -0.15) is 0 Å². The molecule has 0 unspecified atom stereocenters. The number of carbonyl (C=O) groups excluding carboxylic acids is 2. The Morgan fingerprint density at radius 1 is 1.48 bits per heavy atom. The van der Waals surface area contributed by atoms with Crippen molar-refractivity contribution in [3.63, 3.8) is 0 Å². The fraction of sp³-hybridized carbons (Fsp3) is 0.600. The summed E-state index contributed by atoms with van der Waals surface area (Å²) in [7, 11) is 0. The molecule has 1 saturated carbocycles. The van der Waals surface area contributed by atoms with Gasteiger partial charge in [0.15, 0.2) is 0 Å². The molecule has 6 atom stereocenters. The lowest BCUT2D eigenvalue weighted by atomic mass is 9.54. The number of hydrogen-bond acceptors (Lipinski definition) is 5. The molecule has 0 amide bonds. The van der Waals surface area contributed by atoms with Crippen LogP contribution in [0.5, 0.6) is 0 Å². The molecule has 5 heteroatoms. The third-order valence-electron chi connectivity index (χ3n) is 6.58. The number of rotatable bonds is 2. The predicted molar refractivity (Wildman–Crippen MR) is 90.5 cm³/mol. The van der Waals surface area contributed by atoms with E-state index >= 15 is 0 Å². The zero-order valence-electron chi connectivity index (χ0n) is 14.9. The van der Waals surface area contributed by atoms with Crippen molar-refractivity contribution < 1.29 is 23.8 Å². The molecule has 25 heavy (non-hydrogen) atoms. The minimum atomic E-state index is -0.401. The van der Waals surface area contributed by atoms with Crippen LogP contribution in [0, 0.1) is 17.3 Å². The zero-order valence-corrected chi connectivity index (χ0v) is 14.9. The van der Waals surface area contributed by atoms with Crippen molar-refractivity contribution in [2.24, 2.45) is 17.3 Å². The minimum absolute atomic E-state index is 0.0318. The Labute approximate surface area is 147 Å². The normalized spacial score (nSPS) is 45.0. The van der Waals surface area contributed by atoms with E-state index in [1.165, 1.54) is 0 Å². The molecule has 0 bridgehead atoms. The number of esters is 2. The number of epoxide rings is 1. The molecule has 134 valence electrons. The van der Waals surface area contributed by atoms with Crippen molar-refractivity contribution in [1.29, 1.82) is 0 Å². The first-order chi connectivity index (χ1) is 11.8. The largest absolute Gasteiger partial charge is 0.458 e. The zero-order chi connectivity index (χ0) is 18.0. The Morgan fingerprint density at radius 2 is 2.20 bits per heavy atom. The van der Waals surface area contributed by atoms with Gasteiger partial charge < -0.3 is 14.2 Å². The molecule has 1 spiro atoms. The Hall–Kier alpha value is -1.88. The molecule has 0 radical (unpaired) electrons. The molecule has 2 aliphatic heterocycles. The quantitative estimate of drug-likeness (QED) is 0.333. The van der Waals surface area contributed by atoms with E-state index in [1.54, 1.807) is 13.0 Å². The van der Waals surface area contributed by atoms with Crippen molar-refractivity contribution >= 4 is 11.9 Å². The molecule has 2 aliphatic carbocycles. The van der Waals surface area contributed by atoms with Crippen LogP contribution >= 0.6 is 0 Å². The van der Waals surface area contributed by atoms with E-state index in [2.05, 4.69) is 13.5 Å². The number of allylic oxidation sites excluding steroid dienone is 1. The maximum atomic E-state index is 12.3. The molecule has 2 heterocycles. The summed E-state index contributed by atoms with van der Waals surface area (Å²) in [5.74, 6) is -0.606. The minimum Gasteiger partial charge on any atom is -0.458 e. The molecule has 2 saturated heterocycles. The van der Waals surface area contributed by atoms with Crippen molar-refractivity contribution in [1.82, 2.24) is 0 Å². The van der Waals surface area contributed by atoms with Crippen LogP contribution in [0.4, 0.5) is 0 Å². The molecular weight excluding hydrogens is 320 g/mol. The van der Waals surface area contributed by atoms with Gasteiger partial charge in [-0.05, 0) is 32.8 Å². The highest BCUT2D eigenvalue weighted by Gasteiger charge is 2.69. The molecule has 4 rings (SSSR count). The summed E-state index contributed by atoms with van der Waals surface area (Å²) in [4.78, 5) is 24.4. The highest BCUT2D eigenvalue weighted by atomic mass is 16.6. The standard InChI is InChI=1S/C20H24O5/c1-5-11(2)17(21)24-14-7-9-20(10-23-20)16-15-13(6-8-19(14,16)4)12(3)18(22)25-15/h5,7,9,13-16H,3,6,8,10H2,1-2,4H3/t13-,14+,15+,16-,19+,20+/m0/s1. The summed E-state index contributed by atoms with van der Waals surface area (Å²) in [6.45, 7) is 10.2. The summed E-state index contributed by atoms with van der Waals surface area (Å²) in [6, 6.07) is 0. The lowest BCUT2D eigenvalue weighted by Crippen LogP contribution is -2.58. The van der Waals surface area contributed by atoms with Gasteiger partial charge in [-0.15, -0.1) is 0 Å². The Kier molecular flexibility index (Phi) is 3.52. The number of hydrogen-bond donors (Lipinski definition) is 0. The summed E-state index contributed by atoms with van der Waals surface area (Å²) < 4.78 is 17.3. The van der Waals surface area contributed by atoms with Gasteiger partial charge in [0.1, 0.15) is 17.8 Å². The highest BCUT2D eigenvalue weighted by Crippen LogP contribution is 2.61. The second kappa shape index (κ2) is 5.31. The summed E-state index contributed by atoms with van der Waals surface area (Å²) in [5.41, 5.74) is 0.421. The molecule has 0 aromatic rings. The van der Waals surface area contributed by atoms with Crippen molar-refractivity contribution in [2.75, 3.05) is 6.61 Å². The SMILES string of the molecule is C=C1C(=O)O[C@@H]2[C@H]1CC[C@]1(C)[C@H](OC(=O)C(C)=CC)C=C[C@@]3(CO3)[C@@H]21. The van der Waals surface area contributed by atoms with Gasteiger partial charge in [0.2, 0.25) is 0 Å². The van der Waals surface area contributed by atoms with E-state index in [4.69, 9.17) is 14.2 Å². The predicted octanol–water partition coefficient (Wildman–Crippen LogP) is 2.72. The smallest absolute Gasteiger partial charge is 0.334 e. The third kappa shape index (κ3) is 2.25. The van der Waals surface area contributed by atoms with Crippen LogP contribution in [0.2, 0.25) is 0 Å². The summed E-state index contributed by atoms with van der Waals surface area (Å²) >= 11 is 0. The highest BCUT2D eigenvalue weighted by molar-refractivity contribution is 5.91. The van der Waals surface area contributed by atoms with Crippen molar-refractivity contribution in [2.45, 2.75) is 51.4 Å². The average molecular weight is 344 g/mol. The van der Waals surface area contributed by atoms with E-state index in [0.29, 0.717) is 17.8 Å². The first-order valence-electron chi connectivity index (χ1n) is 8.89. The molecule has 4 aliphatic rings. The molecule has 3 fully saturated rings. The maximum Gasteiger partial charge on any atom is 0.334 e. The van der Waals surface area contributed by atoms with Gasteiger partial charge >= 0.3 is 11.9 Å². The maximum absolute atomic E-state index is 12.3. The number of ether oxygens (including phenoxy) is 3. The number of fused-ring (bicyclic) bond motifs is 4. The van der Waals surface area contributed by atoms with Crippen LogP contribution < -0.4 is 0 Å². The molecule has 0 aromatic heterocycles. The van der Waals surface area contributed by atoms with Crippen LogP contribution in [-0.2, 0) is 23.8 Å².